The number of carbonyl (C=O) groups is 4. The first-order valence-electron chi connectivity index (χ1n) is 22.6. The average Bonchev–Trinajstić information content (AvgIpc) is 3.67. The Morgan fingerprint density at radius 3 is 2.30 bits per heavy atom. The van der Waals surface area contributed by atoms with Crippen LogP contribution in [0.1, 0.15) is 48.2 Å². The van der Waals surface area contributed by atoms with E-state index in [0.29, 0.717) is 59.5 Å². The van der Waals surface area contributed by atoms with Gasteiger partial charge in [-0.2, -0.15) is 0 Å². The minimum Gasteiger partial charge on any atom is -0.481 e. The van der Waals surface area contributed by atoms with E-state index in [1.54, 1.807) is 35.2 Å². The van der Waals surface area contributed by atoms with Gasteiger partial charge in [-0.1, -0.05) is 71.7 Å². The molecule has 0 radical (unpaired) electrons. The van der Waals surface area contributed by atoms with Crippen LogP contribution in [0.2, 0.25) is 10.0 Å². The van der Waals surface area contributed by atoms with E-state index < -0.39 is 48.0 Å². The van der Waals surface area contributed by atoms with E-state index in [9.17, 15) is 28.7 Å². The van der Waals surface area contributed by atoms with Gasteiger partial charge >= 0.3 is 5.97 Å². The maximum absolute atomic E-state index is 14.4. The number of halogens is 4. The molecule has 4 N–H and O–H groups in total. The van der Waals surface area contributed by atoms with Gasteiger partial charge < -0.3 is 44.9 Å². The van der Waals surface area contributed by atoms with Crippen molar-refractivity contribution in [3.8, 4) is 22.8 Å². The number of aromatic nitrogens is 2. The zero-order valence-corrected chi connectivity index (χ0v) is 41.6. The number of methoxy groups -OCH3 is 1. The third-order valence-electron chi connectivity index (χ3n) is 12.0. The molecule has 69 heavy (non-hydrogen) atoms. The standard InChI is InChI=1S/C51H60Cl2FN7O7.ClH/c1-59(2)31-46-56-30-44(60(46)3)36-14-19-41(20-15-36)68-45-27-40(53)18-13-37(45)29-55-42(21-23-54)48(64)57-43(32-67-4)49(65)58-51(28-35-11-16-39(52)17-12-35)22-8-24-61(33-51)50(66)38(26-47(62)63)25-34-9-6-5-7-10-34;/h5-7,9-20,27,30,38,42-43,55H,8,21-26,28-29,31-33H2,1-4H3,(H,57,64)(H,58,65)(H,62,63);1H/t38?,42?,43?,51-;/m1./s1. The number of carbonyl (C=O) groups excluding carboxylic acids is 3. The Kier molecular flexibility index (Phi) is 20.4. The highest BCUT2D eigenvalue weighted by Gasteiger charge is 2.42. The fraction of sp³-hybridized carbons (Fsp3) is 0.392. The predicted octanol–water partition coefficient (Wildman–Crippen LogP) is 7.67. The first-order chi connectivity index (χ1) is 32.6. The van der Waals surface area contributed by atoms with E-state index in [1.165, 1.54) is 7.11 Å². The number of ether oxygens (including phenoxy) is 2. The average molecular weight is 1010 g/mol. The maximum Gasteiger partial charge on any atom is 0.304 e. The molecule has 3 unspecified atom stereocenters. The van der Waals surface area contributed by atoms with Crippen LogP contribution >= 0.6 is 35.6 Å². The molecular weight excluding hydrogens is 948 g/mol. The van der Waals surface area contributed by atoms with Crippen molar-refractivity contribution in [2.75, 3.05) is 47.6 Å². The van der Waals surface area contributed by atoms with Crippen LogP contribution in [0.4, 0.5) is 4.39 Å². The molecule has 0 aliphatic carbocycles. The number of alkyl halides is 1. The van der Waals surface area contributed by atoms with Crippen molar-refractivity contribution in [2.45, 2.75) is 69.2 Å². The molecule has 0 bridgehead atoms. The summed E-state index contributed by atoms with van der Waals surface area (Å²) in [5.74, 6) is -1.52. The van der Waals surface area contributed by atoms with Crippen molar-refractivity contribution < 1.29 is 38.1 Å². The predicted molar refractivity (Wildman–Crippen MR) is 268 cm³/mol. The number of imidazole rings is 1. The van der Waals surface area contributed by atoms with Crippen LogP contribution in [0.25, 0.3) is 11.3 Å². The summed E-state index contributed by atoms with van der Waals surface area (Å²) in [5, 5.41) is 19.9. The molecule has 3 amide bonds. The third-order valence-corrected chi connectivity index (χ3v) is 12.5. The number of amides is 3. The van der Waals surface area contributed by atoms with Crippen molar-refractivity contribution in [3.63, 3.8) is 0 Å². The quantitative estimate of drug-likeness (QED) is 0.0510. The van der Waals surface area contributed by atoms with E-state index in [-0.39, 0.29) is 57.3 Å². The van der Waals surface area contributed by atoms with Crippen molar-refractivity contribution in [1.29, 1.82) is 0 Å². The molecule has 6 rings (SSSR count). The second-order valence-electron chi connectivity index (χ2n) is 17.6. The number of benzene rings is 4. The van der Waals surface area contributed by atoms with Crippen LogP contribution < -0.4 is 20.7 Å². The number of rotatable bonds is 23. The lowest BCUT2D eigenvalue weighted by molar-refractivity contribution is -0.146. The minimum absolute atomic E-state index is 0. The van der Waals surface area contributed by atoms with Gasteiger partial charge in [-0.25, -0.2) is 4.98 Å². The maximum atomic E-state index is 14.4. The number of likely N-dealkylation sites (tertiary alicyclic amines) is 1. The highest BCUT2D eigenvalue weighted by molar-refractivity contribution is 6.31. The molecule has 5 aromatic rings. The van der Waals surface area contributed by atoms with Crippen LogP contribution in [0.3, 0.4) is 0 Å². The zero-order chi connectivity index (χ0) is 48.8. The van der Waals surface area contributed by atoms with Gasteiger partial charge in [0.2, 0.25) is 17.7 Å². The summed E-state index contributed by atoms with van der Waals surface area (Å²) in [6.45, 7) is 0.220. The Morgan fingerprint density at radius 1 is 0.928 bits per heavy atom. The van der Waals surface area contributed by atoms with Gasteiger partial charge in [-0.3, -0.25) is 23.6 Å². The molecule has 1 aliphatic rings. The fourth-order valence-electron chi connectivity index (χ4n) is 8.59. The van der Waals surface area contributed by atoms with Crippen LogP contribution in [0.5, 0.6) is 11.5 Å². The topological polar surface area (TPSA) is 167 Å². The van der Waals surface area contributed by atoms with E-state index >= 15 is 0 Å². The van der Waals surface area contributed by atoms with Crippen molar-refractivity contribution >= 4 is 59.3 Å². The number of nitrogens with one attached hydrogen (secondary N) is 3. The zero-order valence-electron chi connectivity index (χ0n) is 39.3. The monoisotopic (exact) mass is 1010 g/mol. The van der Waals surface area contributed by atoms with E-state index in [1.807, 2.05) is 98.6 Å². The Balaban J connectivity index is 0.00000888. The molecule has 1 aliphatic heterocycles. The molecule has 0 spiro atoms. The molecule has 18 heteroatoms. The summed E-state index contributed by atoms with van der Waals surface area (Å²) >= 11 is 12.6. The first kappa shape index (κ1) is 54.4. The Hall–Kier alpha value is -5.55. The molecular formula is C51H61Cl3FN7O7. The fourth-order valence-corrected chi connectivity index (χ4v) is 8.88. The summed E-state index contributed by atoms with van der Waals surface area (Å²) in [6.07, 6.45) is 2.82. The molecule has 1 aromatic heterocycles. The summed E-state index contributed by atoms with van der Waals surface area (Å²) < 4.78 is 27.9. The SMILES string of the molecule is COCC(NC(=O)C(CCF)NCc1ccc(Cl)cc1Oc1ccc(-c2cnc(CN(C)C)n2C)cc1)C(=O)N[C@@]1(Cc2ccc(Cl)cc2)CCCN(C(=O)C(CC(=O)O)Cc2ccccc2)C1.Cl. The second kappa shape index (κ2) is 25.9. The van der Waals surface area contributed by atoms with Gasteiger partial charge in [0.05, 0.1) is 55.6 Å². The number of piperidine rings is 1. The number of hydrogen-bond donors (Lipinski definition) is 4. The largest absolute Gasteiger partial charge is 0.481 e. The van der Waals surface area contributed by atoms with Crippen molar-refractivity contribution in [1.82, 2.24) is 35.3 Å². The van der Waals surface area contributed by atoms with Gasteiger partial charge in [-0.05, 0) is 106 Å². The normalized spacial score (nSPS) is 16.0. The molecule has 4 aromatic carbocycles. The molecule has 14 nitrogen and oxygen atoms in total. The van der Waals surface area contributed by atoms with Gasteiger partial charge in [0.1, 0.15) is 23.4 Å². The van der Waals surface area contributed by atoms with Gasteiger partial charge in [0.15, 0.2) is 0 Å². The number of nitrogens with zero attached hydrogens (tertiary/aromatic N) is 4. The van der Waals surface area contributed by atoms with Crippen LogP contribution in [0.15, 0.2) is 103 Å². The van der Waals surface area contributed by atoms with Crippen LogP contribution in [-0.2, 0) is 56.9 Å². The number of hydrogen-bond acceptors (Lipinski definition) is 9. The molecule has 1 saturated heterocycles. The summed E-state index contributed by atoms with van der Waals surface area (Å²) in [5.41, 5.74) is 3.22. The second-order valence-corrected chi connectivity index (χ2v) is 18.5. The lowest BCUT2D eigenvalue weighted by Crippen LogP contribution is -2.65. The minimum atomic E-state index is -1.20. The first-order valence-corrected chi connectivity index (χ1v) is 23.3. The summed E-state index contributed by atoms with van der Waals surface area (Å²) in [6, 6.07) is 26.9. The number of carboxylic acid groups (broad SMARTS) is 1. The highest BCUT2D eigenvalue weighted by atomic mass is 35.5. The molecule has 4 atom stereocenters. The highest BCUT2D eigenvalue weighted by Crippen LogP contribution is 2.32. The Bertz CT molecular complexity index is 2480. The van der Waals surface area contributed by atoms with E-state index in [2.05, 4.69) is 25.8 Å². The molecule has 1 fully saturated rings. The van der Waals surface area contributed by atoms with Crippen LogP contribution in [-0.4, -0.2) is 113 Å². The smallest absolute Gasteiger partial charge is 0.304 e. The lowest BCUT2D eigenvalue weighted by Gasteiger charge is -2.45. The van der Waals surface area contributed by atoms with E-state index in [4.69, 9.17) is 32.7 Å². The number of aliphatic carboxylic acids is 1. The van der Waals surface area contributed by atoms with Gasteiger partial charge in [0.25, 0.3) is 0 Å². The van der Waals surface area contributed by atoms with E-state index in [0.717, 1.165) is 28.2 Å². The van der Waals surface area contributed by atoms with Crippen molar-refractivity contribution in [2.24, 2.45) is 13.0 Å². The number of carboxylic acids is 1. The van der Waals surface area contributed by atoms with Gasteiger partial charge in [-0.15, -0.1) is 12.4 Å². The van der Waals surface area contributed by atoms with Gasteiger partial charge in [0, 0.05) is 55.0 Å². The summed E-state index contributed by atoms with van der Waals surface area (Å²) in [7, 11) is 7.36. The Morgan fingerprint density at radius 2 is 1.64 bits per heavy atom. The third kappa shape index (κ3) is 15.5. The molecule has 2 heterocycles. The summed E-state index contributed by atoms with van der Waals surface area (Å²) in [4.78, 5) is 62.9. The van der Waals surface area contributed by atoms with Crippen molar-refractivity contribution in [3.05, 3.63) is 136 Å². The Labute approximate surface area is 419 Å². The molecule has 0 saturated carbocycles. The molecule has 370 valence electrons. The van der Waals surface area contributed by atoms with Crippen LogP contribution in [0, 0.1) is 5.92 Å². The lowest BCUT2D eigenvalue weighted by atomic mass is 9.82.